The van der Waals surface area contributed by atoms with Crippen LogP contribution in [0, 0.1) is 5.92 Å². The molecular formula is C19H21N7O3. The Kier molecular flexibility index (Phi) is 5.34. The first-order valence-electron chi connectivity index (χ1n) is 9.34. The zero-order chi connectivity index (χ0) is 20.2. The molecule has 3 N–H and O–H groups in total. The molecule has 4 rings (SSSR count). The molecule has 1 unspecified atom stereocenters. The highest BCUT2D eigenvalue weighted by molar-refractivity contribution is 5.93. The van der Waals surface area contributed by atoms with Crippen LogP contribution >= 0.6 is 0 Å². The third kappa shape index (κ3) is 4.49. The lowest BCUT2D eigenvalue weighted by Crippen LogP contribution is -2.40. The first-order valence-corrected chi connectivity index (χ1v) is 9.34. The number of likely N-dealkylation sites (tertiary alicyclic amines) is 1. The first kappa shape index (κ1) is 18.8. The topological polar surface area (TPSA) is 132 Å². The molecule has 0 saturated carbocycles. The number of rotatable bonds is 6. The highest BCUT2D eigenvalue weighted by atomic mass is 16.5. The molecular weight excluding hydrogens is 374 g/mol. The zero-order valence-electron chi connectivity index (χ0n) is 15.7. The lowest BCUT2D eigenvalue weighted by molar-refractivity contribution is -0.121. The van der Waals surface area contributed by atoms with Gasteiger partial charge in [-0.25, -0.2) is 4.68 Å². The summed E-state index contributed by atoms with van der Waals surface area (Å²) in [7, 11) is 0. The molecule has 1 saturated heterocycles. The summed E-state index contributed by atoms with van der Waals surface area (Å²) in [5.74, 6) is -0.759. The van der Waals surface area contributed by atoms with Crippen LogP contribution in [0.3, 0.4) is 0 Å². The van der Waals surface area contributed by atoms with Crippen molar-refractivity contribution in [3.8, 4) is 5.69 Å². The molecule has 0 aliphatic carbocycles. The molecule has 1 aromatic carbocycles. The summed E-state index contributed by atoms with van der Waals surface area (Å²) in [5, 5.41) is 11.0. The molecule has 1 aliphatic heterocycles. The Labute approximate surface area is 166 Å². The number of nitrogens with one attached hydrogen (secondary N) is 1. The lowest BCUT2D eigenvalue weighted by atomic mass is 9.97. The van der Waals surface area contributed by atoms with Gasteiger partial charge in [0.25, 0.3) is 0 Å². The second kappa shape index (κ2) is 8.23. The average Bonchev–Trinajstić information content (AvgIpc) is 3.41. The molecule has 10 nitrogen and oxygen atoms in total. The van der Waals surface area contributed by atoms with Gasteiger partial charge in [0, 0.05) is 24.6 Å². The van der Waals surface area contributed by atoms with E-state index in [2.05, 4.69) is 25.5 Å². The van der Waals surface area contributed by atoms with Crippen LogP contribution in [-0.4, -0.2) is 49.7 Å². The molecule has 0 spiro atoms. The van der Waals surface area contributed by atoms with Crippen molar-refractivity contribution < 1.29 is 14.1 Å². The van der Waals surface area contributed by atoms with E-state index in [0.717, 1.165) is 30.8 Å². The molecule has 2 amide bonds. The third-order valence-corrected chi connectivity index (χ3v) is 4.80. The van der Waals surface area contributed by atoms with Gasteiger partial charge in [-0.2, -0.15) is 10.1 Å². The van der Waals surface area contributed by atoms with E-state index in [0.29, 0.717) is 18.9 Å². The van der Waals surface area contributed by atoms with Crippen molar-refractivity contribution >= 4 is 17.5 Å². The van der Waals surface area contributed by atoms with Gasteiger partial charge in [-0.15, -0.1) is 0 Å². The SMILES string of the molecule is NC(=O)c1nc(CN2CCCC(C(=O)Nc3cccc(-n4cccn4)c3)C2)no1. The van der Waals surface area contributed by atoms with Crippen molar-refractivity contribution in [1.82, 2.24) is 24.8 Å². The maximum absolute atomic E-state index is 12.8. The number of hydrogen-bond donors (Lipinski definition) is 2. The van der Waals surface area contributed by atoms with E-state index < -0.39 is 5.91 Å². The number of aromatic nitrogens is 4. The van der Waals surface area contributed by atoms with Gasteiger partial charge in [-0.3, -0.25) is 14.5 Å². The third-order valence-electron chi connectivity index (χ3n) is 4.80. The van der Waals surface area contributed by atoms with Crippen LogP contribution in [0.15, 0.2) is 47.2 Å². The van der Waals surface area contributed by atoms with E-state index in [9.17, 15) is 9.59 Å². The second-order valence-corrected chi connectivity index (χ2v) is 6.94. The first-order chi connectivity index (χ1) is 14.1. The minimum absolute atomic E-state index is 0.0294. The maximum atomic E-state index is 12.8. The Morgan fingerprint density at radius 1 is 1.31 bits per heavy atom. The van der Waals surface area contributed by atoms with Crippen molar-refractivity contribution in [2.45, 2.75) is 19.4 Å². The smallest absolute Gasteiger partial charge is 0.315 e. The summed E-state index contributed by atoms with van der Waals surface area (Å²) in [6.45, 7) is 1.79. The van der Waals surface area contributed by atoms with Crippen LogP contribution in [0.5, 0.6) is 0 Å². The minimum atomic E-state index is -0.753. The molecule has 3 aromatic rings. The molecule has 10 heteroatoms. The summed E-state index contributed by atoms with van der Waals surface area (Å²) < 4.78 is 6.55. The predicted octanol–water partition coefficient (Wildman–Crippen LogP) is 1.20. The van der Waals surface area contributed by atoms with E-state index >= 15 is 0 Å². The van der Waals surface area contributed by atoms with Gasteiger partial charge in [0.1, 0.15) is 0 Å². The number of piperidine rings is 1. The number of nitrogens with two attached hydrogens (primary N) is 1. The Hall–Kier alpha value is -3.53. The molecule has 0 radical (unpaired) electrons. The minimum Gasteiger partial charge on any atom is -0.361 e. The largest absolute Gasteiger partial charge is 0.361 e. The fourth-order valence-electron chi connectivity index (χ4n) is 3.42. The van der Waals surface area contributed by atoms with Gasteiger partial charge in [-0.05, 0) is 43.7 Å². The average molecular weight is 395 g/mol. The van der Waals surface area contributed by atoms with Gasteiger partial charge in [-0.1, -0.05) is 11.2 Å². The van der Waals surface area contributed by atoms with Gasteiger partial charge < -0.3 is 15.6 Å². The Morgan fingerprint density at radius 3 is 2.97 bits per heavy atom. The fraction of sp³-hybridized carbons (Fsp3) is 0.316. The molecule has 3 heterocycles. The standard InChI is InChI=1S/C19H21N7O3/c20-17(27)19-23-16(24-29-19)12-25-8-2-4-13(11-25)18(28)22-14-5-1-6-15(10-14)26-9-3-7-21-26/h1,3,5-7,9-10,13H,2,4,8,11-12H2,(H2,20,27)(H,22,28). The number of anilines is 1. The normalized spacial score (nSPS) is 17.2. The molecule has 1 atom stereocenters. The summed E-state index contributed by atoms with van der Waals surface area (Å²) in [6, 6.07) is 9.40. The summed E-state index contributed by atoms with van der Waals surface area (Å²) >= 11 is 0. The van der Waals surface area contributed by atoms with Crippen LogP contribution in [0.2, 0.25) is 0 Å². The Morgan fingerprint density at radius 2 is 2.21 bits per heavy atom. The summed E-state index contributed by atoms with van der Waals surface area (Å²) in [4.78, 5) is 29.9. The number of nitrogens with zero attached hydrogens (tertiary/aromatic N) is 5. The van der Waals surface area contributed by atoms with Gasteiger partial charge >= 0.3 is 11.8 Å². The molecule has 2 aromatic heterocycles. The number of carbonyl (C=O) groups is 2. The highest BCUT2D eigenvalue weighted by Gasteiger charge is 2.27. The molecule has 150 valence electrons. The lowest BCUT2D eigenvalue weighted by Gasteiger charge is -2.31. The van der Waals surface area contributed by atoms with Crippen molar-refractivity contribution in [3.05, 3.63) is 54.4 Å². The predicted molar refractivity (Wildman–Crippen MR) is 103 cm³/mol. The highest BCUT2D eigenvalue weighted by Crippen LogP contribution is 2.21. The summed E-state index contributed by atoms with van der Waals surface area (Å²) in [5.41, 5.74) is 6.73. The Balaban J connectivity index is 1.37. The van der Waals surface area contributed by atoms with Crippen LogP contribution in [0.4, 0.5) is 5.69 Å². The van der Waals surface area contributed by atoms with Crippen molar-refractivity contribution in [3.63, 3.8) is 0 Å². The van der Waals surface area contributed by atoms with E-state index in [1.165, 1.54) is 0 Å². The van der Waals surface area contributed by atoms with Crippen LogP contribution < -0.4 is 11.1 Å². The molecule has 1 aliphatic rings. The monoisotopic (exact) mass is 395 g/mol. The number of amides is 2. The quantitative estimate of drug-likeness (QED) is 0.641. The van der Waals surface area contributed by atoms with Gasteiger partial charge in [0.15, 0.2) is 5.82 Å². The Bertz CT molecular complexity index is 999. The van der Waals surface area contributed by atoms with Crippen molar-refractivity contribution in [1.29, 1.82) is 0 Å². The van der Waals surface area contributed by atoms with E-state index in [1.54, 1.807) is 10.9 Å². The van der Waals surface area contributed by atoms with Gasteiger partial charge in [0.2, 0.25) is 5.91 Å². The number of primary amides is 1. The fourth-order valence-corrected chi connectivity index (χ4v) is 3.42. The maximum Gasteiger partial charge on any atom is 0.315 e. The van der Waals surface area contributed by atoms with Crippen LogP contribution in [-0.2, 0) is 11.3 Å². The van der Waals surface area contributed by atoms with E-state index in [4.69, 9.17) is 10.3 Å². The second-order valence-electron chi connectivity index (χ2n) is 6.94. The zero-order valence-corrected chi connectivity index (χ0v) is 15.7. The number of benzene rings is 1. The molecule has 1 fully saturated rings. The van der Waals surface area contributed by atoms with Crippen molar-refractivity contribution in [2.75, 3.05) is 18.4 Å². The number of carbonyl (C=O) groups excluding carboxylic acids is 2. The van der Waals surface area contributed by atoms with Crippen LogP contribution in [0.1, 0.15) is 29.4 Å². The van der Waals surface area contributed by atoms with E-state index in [-0.39, 0.29) is 17.7 Å². The van der Waals surface area contributed by atoms with E-state index in [1.807, 2.05) is 36.5 Å². The van der Waals surface area contributed by atoms with Gasteiger partial charge in [0.05, 0.1) is 18.2 Å². The number of hydrogen-bond acceptors (Lipinski definition) is 7. The van der Waals surface area contributed by atoms with Crippen LogP contribution in [0.25, 0.3) is 5.69 Å². The summed E-state index contributed by atoms with van der Waals surface area (Å²) in [6.07, 6.45) is 5.24. The van der Waals surface area contributed by atoms with Crippen molar-refractivity contribution in [2.24, 2.45) is 11.7 Å². The molecule has 0 bridgehead atoms. The molecule has 29 heavy (non-hydrogen) atoms.